The number of likely N-dealkylation sites (tertiary alicyclic amines) is 1. The average molecular weight is 290 g/mol. The molecule has 2 atom stereocenters. The van der Waals surface area contributed by atoms with Gasteiger partial charge in [-0.3, -0.25) is 4.79 Å². The van der Waals surface area contributed by atoms with Gasteiger partial charge in [0.05, 0.1) is 5.92 Å². The molecule has 5 heteroatoms. The minimum atomic E-state index is -0.815. The number of carboxylic acid groups (broad SMARTS) is 1. The normalized spacial score (nSPS) is 21.3. The molecule has 1 aliphatic heterocycles. The molecule has 1 N–H and O–H groups in total. The minimum absolute atomic E-state index is 0.00831. The van der Waals surface area contributed by atoms with E-state index >= 15 is 0 Å². The Morgan fingerprint density at radius 2 is 1.95 bits per heavy atom. The topological polar surface area (TPSA) is 60.9 Å². The number of nitrogens with zero attached hydrogens (tertiary/aromatic N) is 2. The highest BCUT2D eigenvalue weighted by Gasteiger charge is 2.37. The lowest BCUT2D eigenvalue weighted by atomic mass is 9.99. The number of aliphatic carboxylic acids is 1. The van der Waals surface area contributed by atoms with Gasteiger partial charge in [0.1, 0.15) is 0 Å². The Morgan fingerprint density at radius 3 is 2.52 bits per heavy atom. The molecule has 0 saturated carbocycles. The Morgan fingerprint density at radius 1 is 1.29 bits per heavy atom. The van der Waals surface area contributed by atoms with E-state index in [9.17, 15) is 9.59 Å². The predicted octanol–water partition coefficient (Wildman–Crippen LogP) is 1.93. The summed E-state index contributed by atoms with van der Waals surface area (Å²) in [5.74, 6) is -1.25. The Hall–Kier alpha value is -2.04. The lowest BCUT2D eigenvalue weighted by Gasteiger charge is -2.24. The third-order valence-corrected chi connectivity index (χ3v) is 4.11. The number of hydrogen-bond acceptors (Lipinski definition) is 2. The van der Waals surface area contributed by atoms with E-state index in [1.165, 1.54) is 5.56 Å². The van der Waals surface area contributed by atoms with E-state index in [4.69, 9.17) is 5.11 Å². The van der Waals surface area contributed by atoms with Crippen molar-refractivity contribution in [3.8, 4) is 0 Å². The summed E-state index contributed by atoms with van der Waals surface area (Å²) in [6, 6.07) is 9.93. The number of hydrogen-bond donors (Lipinski definition) is 1. The fourth-order valence-corrected chi connectivity index (χ4v) is 2.72. The van der Waals surface area contributed by atoms with Gasteiger partial charge in [-0.25, -0.2) is 4.79 Å². The maximum atomic E-state index is 12.3. The van der Waals surface area contributed by atoms with Gasteiger partial charge in [-0.15, -0.1) is 0 Å². The van der Waals surface area contributed by atoms with Gasteiger partial charge >= 0.3 is 12.0 Å². The lowest BCUT2D eigenvalue weighted by Crippen LogP contribution is -2.41. The molecule has 1 aliphatic rings. The summed E-state index contributed by atoms with van der Waals surface area (Å²) in [6.07, 6.45) is 0.800. The largest absolute Gasteiger partial charge is 0.481 e. The zero-order chi connectivity index (χ0) is 15.4. The van der Waals surface area contributed by atoms with Crippen LogP contribution in [0.4, 0.5) is 4.79 Å². The van der Waals surface area contributed by atoms with Gasteiger partial charge in [-0.1, -0.05) is 37.3 Å². The van der Waals surface area contributed by atoms with Gasteiger partial charge in [0.15, 0.2) is 0 Å². The Labute approximate surface area is 125 Å². The first-order valence-corrected chi connectivity index (χ1v) is 7.26. The summed E-state index contributed by atoms with van der Waals surface area (Å²) in [5.41, 5.74) is 1.19. The van der Waals surface area contributed by atoms with Crippen molar-refractivity contribution < 1.29 is 14.7 Å². The van der Waals surface area contributed by atoms with Crippen LogP contribution in [-0.4, -0.2) is 53.6 Å². The molecule has 2 rings (SSSR count). The van der Waals surface area contributed by atoms with E-state index < -0.39 is 11.9 Å². The Bertz CT molecular complexity index is 504. The second-order valence-corrected chi connectivity index (χ2v) is 5.77. The smallest absolute Gasteiger partial charge is 0.319 e. The molecular weight excluding hydrogens is 268 g/mol. The van der Waals surface area contributed by atoms with Crippen LogP contribution < -0.4 is 0 Å². The molecule has 1 saturated heterocycles. The van der Waals surface area contributed by atoms with Crippen molar-refractivity contribution in [1.29, 1.82) is 0 Å². The summed E-state index contributed by atoms with van der Waals surface area (Å²) < 4.78 is 0. The van der Waals surface area contributed by atoms with Crippen molar-refractivity contribution in [2.45, 2.75) is 13.3 Å². The third-order valence-electron chi connectivity index (χ3n) is 4.11. The molecule has 0 bridgehead atoms. The number of carbonyl (C=O) groups is 2. The van der Waals surface area contributed by atoms with E-state index in [0.29, 0.717) is 19.6 Å². The summed E-state index contributed by atoms with van der Waals surface area (Å²) >= 11 is 0. The van der Waals surface area contributed by atoms with Crippen LogP contribution in [-0.2, 0) is 11.2 Å². The van der Waals surface area contributed by atoms with Crippen LogP contribution in [0.25, 0.3) is 0 Å². The van der Waals surface area contributed by atoms with Crippen molar-refractivity contribution in [3.05, 3.63) is 35.9 Å². The first kappa shape index (κ1) is 15.4. The second kappa shape index (κ2) is 6.61. The van der Waals surface area contributed by atoms with Gasteiger partial charge in [-0.2, -0.15) is 0 Å². The minimum Gasteiger partial charge on any atom is -0.481 e. The summed E-state index contributed by atoms with van der Waals surface area (Å²) in [7, 11) is 1.77. The van der Waals surface area contributed by atoms with Crippen LogP contribution in [0.1, 0.15) is 12.5 Å². The number of rotatable bonds is 4. The number of urea groups is 1. The zero-order valence-electron chi connectivity index (χ0n) is 12.5. The molecule has 1 aromatic carbocycles. The molecule has 0 spiro atoms. The first-order chi connectivity index (χ1) is 9.99. The number of carboxylic acids is 1. The van der Waals surface area contributed by atoms with Gasteiger partial charge < -0.3 is 14.9 Å². The summed E-state index contributed by atoms with van der Waals surface area (Å²) in [6.45, 7) is 3.35. The van der Waals surface area contributed by atoms with Crippen molar-refractivity contribution in [1.82, 2.24) is 9.80 Å². The molecule has 2 unspecified atom stereocenters. The molecule has 1 heterocycles. The molecule has 1 aromatic rings. The fourth-order valence-electron chi connectivity index (χ4n) is 2.72. The molecule has 114 valence electrons. The molecule has 0 aliphatic carbocycles. The first-order valence-electron chi connectivity index (χ1n) is 7.26. The average Bonchev–Trinajstić information content (AvgIpc) is 2.87. The van der Waals surface area contributed by atoms with Crippen LogP contribution in [0, 0.1) is 11.8 Å². The highest BCUT2D eigenvalue weighted by atomic mass is 16.4. The van der Waals surface area contributed by atoms with Crippen molar-refractivity contribution >= 4 is 12.0 Å². The summed E-state index contributed by atoms with van der Waals surface area (Å²) in [4.78, 5) is 26.8. The standard InChI is InChI=1S/C16H22N2O3/c1-12-10-18(11-14(12)15(19)20)16(21)17(2)9-8-13-6-4-3-5-7-13/h3-7,12,14H,8-11H2,1-2H3,(H,19,20). The van der Waals surface area contributed by atoms with Crippen molar-refractivity contribution in [3.63, 3.8) is 0 Å². The van der Waals surface area contributed by atoms with Crippen LogP contribution >= 0.6 is 0 Å². The number of amides is 2. The van der Waals surface area contributed by atoms with E-state index in [2.05, 4.69) is 0 Å². The maximum absolute atomic E-state index is 12.3. The van der Waals surface area contributed by atoms with Gasteiger partial charge in [-0.05, 0) is 17.9 Å². The Balaban J connectivity index is 1.87. The number of benzene rings is 1. The highest BCUT2D eigenvalue weighted by Crippen LogP contribution is 2.23. The van der Waals surface area contributed by atoms with Crippen molar-refractivity contribution in [2.75, 3.05) is 26.7 Å². The van der Waals surface area contributed by atoms with E-state index in [0.717, 1.165) is 6.42 Å². The molecule has 0 aromatic heterocycles. The van der Waals surface area contributed by atoms with Gasteiger partial charge in [0.25, 0.3) is 0 Å². The van der Waals surface area contributed by atoms with Gasteiger partial charge in [0, 0.05) is 26.7 Å². The number of carbonyl (C=O) groups excluding carboxylic acids is 1. The van der Waals surface area contributed by atoms with Gasteiger partial charge in [0.2, 0.25) is 0 Å². The Kier molecular flexibility index (Phi) is 4.83. The summed E-state index contributed by atoms with van der Waals surface area (Å²) in [5, 5.41) is 9.12. The van der Waals surface area contributed by atoms with Crippen LogP contribution in [0.2, 0.25) is 0 Å². The van der Waals surface area contributed by atoms with Crippen LogP contribution in [0.3, 0.4) is 0 Å². The maximum Gasteiger partial charge on any atom is 0.319 e. The SMILES string of the molecule is CC1CN(C(=O)N(C)CCc2ccccc2)CC1C(=O)O. The molecular formula is C16H22N2O3. The van der Waals surface area contributed by atoms with E-state index in [1.807, 2.05) is 37.3 Å². The third kappa shape index (κ3) is 3.74. The molecule has 0 radical (unpaired) electrons. The quantitative estimate of drug-likeness (QED) is 0.921. The zero-order valence-corrected chi connectivity index (χ0v) is 12.5. The molecule has 2 amide bonds. The molecule has 5 nitrogen and oxygen atoms in total. The molecule has 21 heavy (non-hydrogen) atoms. The fraction of sp³-hybridized carbons (Fsp3) is 0.500. The van der Waals surface area contributed by atoms with Crippen LogP contribution in [0.15, 0.2) is 30.3 Å². The van der Waals surface area contributed by atoms with E-state index in [-0.39, 0.29) is 11.9 Å². The molecule has 1 fully saturated rings. The second-order valence-electron chi connectivity index (χ2n) is 5.77. The highest BCUT2D eigenvalue weighted by molar-refractivity contribution is 5.77. The van der Waals surface area contributed by atoms with Crippen molar-refractivity contribution in [2.24, 2.45) is 11.8 Å². The number of likely N-dealkylation sites (N-methyl/N-ethyl adjacent to an activating group) is 1. The van der Waals surface area contributed by atoms with Crippen LogP contribution in [0.5, 0.6) is 0 Å². The van der Waals surface area contributed by atoms with E-state index in [1.54, 1.807) is 16.8 Å². The monoisotopic (exact) mass is 290 g/mol. The predicted molar refractivity (Wildman–Crippen MR) is 80.0 cm³/mol. The lowest BCUT2D eigenvalue weighted by molar-refractivity contribution is -0.142.